The first-order chi connectivity index (χ1) is 18.5. The molecule has 38 heavy (non-hydrogen) atoms. The maximum atomic E-state index is 13.2. The summed E-state index contributed by atoms with van der Waals surface area (Å²) in [4.78, 5) is 39.0. The third-order valence-corrected chi connectivity index (χ3v) is 6.63. The molecule has 0 radical (unpaired) electrons. The third-order valence-electron chi connectivity index (χ3n) is 5.27. The molecule has 0 saturated carbocycles. The number of carbonyl (C=O) groups excluding carboxylic acids is 3. The zero-order valence-electron chi connectivity index (χ0n) is 20.2. The molecule has 3 amide bonds. The zero-order chi connectivity index (χ0) is 26.7. The zero-order valence-corrected chi connectivity index (χ0v) is 21.8. The van der Waals surface area contributed by atoms with Crippen LogP contribution < -0.4 is 16.0 Å². The summed E-state index contributed by atoms with van der Waals surface area (Å²) in [7, 11) is 0. The van der Waals surface area contributed by atoms with Gasteiger partial charge in [-0.15, -0.1) is 11.8 Å². The van der Waals surface area contributed by atoms with Crippen LogP contribution in [0.2, 0.25) is 5.02 Å². The SMILES string of the molecule is O=C(CSc1ccc(NC(=O)/C(=C/c2ccccc2Cl)NC(=O)c2ccccc2)cc1)Nc1ccccc1. The van der Waals surface area contributed by atoms with E-state index >= 15 is 0 Å². The van der Waals surface area contributed by atoms with Crippen LogP contribution in [0.15, 0.2) is 120 Å². The van der Waals surface area contributed by atoms with E-state index in [0.717, 1.165) is 10.6 Å². The number of nitrogens with one attached hydrogen (secondary N) is 3. The van der Waals surface area contributed by atoms with E-state index in [1.165, 1.54) is 17.8 Å². The van der Waals surface area contributed by atoms with Crippen molar-refractivity contribution >= 4 is 58.5 Å². The number of carbonyl (C=O) groups is 3. The summed E-state index contributed by atoms with van der Waals surface area (Å²) in [6.45, 7) is 0. The highest BCUT2D eigenvalue weighted by atomic mass is 35.5. The summed E-state index contributed by atoms with van der Waals surface area (Å²) < 4.78 is 0. The van der Waals surface area contributed by atoms with Crippen LogP contribution in [0.5, 0.6) is 0 Å². The third kappa shape index (κ3) is 7.83. The van der Waals surface area contributed by atoms with Gasteiger partial charge in [0.25, 0.3) is 11.8 Å². The minimum absolute atomic E-state index is 0.0444. The number of hydrogen-bond donors (Lipinski definition) is 3. The number of benzene rings is 4. The molecule has 4 rings (SSSR count). The number of thioether (sulfide) groups is 1. The second-order valence-corrected chi connectivity index (χ2v) is 9.54. The Morgan fingerprint density at radius 2 is 1.32 bits per heavy atom. The number of hydrogen-bond acceptors (Lipinski definition) is 4. The van der Waals surface area contributed by atoms with Gasteiger partial charge in [-0.05, 0) is 66.2 Å². The van der Waals surface area contributed by atoms with Crippen LogP contribution >= 0.6 is 23.4 Å². The number of para-hydroxylation sites is 1. The van der Waals surface area contributed by atoms with Gasteiger partial charge in [0.15, 0.2) is 0 Å². The summed E-state index contributed by atoms with van der Waals surface area (Å²) in [5.74, 6) is -0.782. The van der Waals surface area contributed by atoms with Crippen molar-refractivity contribution < 1.29 is 14.4 Å². The molecule has 0 heterocycles. The van der Waals surface area contributed by atoms with E-state index in [0.29, 0.717) is 21.8 Å². The Labute approximate surface area is 230 Å². The van der Waals surface area contributed by atoms with Gasteiger partial charge in [0.05, 0.1) is 5.75 Å². The minimum Gasteiger partial charge on any atom is -0.325 e. The Balaban J connectivity index is 1.42. The Morgan fingerprint density at radius 1 is 0.711 bits per heavy atom. The molecule has 0 spiro atoms. The summed E-state index contributed by atoms with van der Waals surface area (Å²) in [5, 5.41) is 8.80. The Morgan fingerprint density at radius 3 is 2.00 bits per heavy atom. The topological polar surface area (TPSA) is 87.3 Å². The Bertz CT molecular complexity index is 1440. The summed E-state index contributed by atoms with van der Waals surface area (Å²) in [6, 6.07) is 32.0. The molecule has 0 atom stereocenters. The molecule has 190 valence electrons. The van der Waals surface area contributed by atoms with Crippen molar-refractivity contribution in [1.82, 2.24) is 5.32 Å². The van der Waals surface area contributed by atoms with Gasteiger partial charge in [0.1, 0.15) is 5.70 Å². The number of rotatable bonds is 9. The van der Waals surface area contributed by atoms with Crippen molar-refractivity contribution in [2.75, 3.05) is 16.4 Å². The average Bonchev–Trinajstić information content (AvgIpc) is 2.94. The van der Waals surface area contributed by atoms with Gasteiger partial charge in [0.2, 0.25) is 5.91 Å². The molecule has 4 aromatic rings. The second-order valence-electron chi connectivity index (χ2n) is 8.08. The predicted molar refractivity (Wildman–Crippen MR) is 154 cm³/mol. The van der Waals surface area contributed by atoms with Gasteiger partial charge < -0.3 is 16.0 Å². The van der Waals surface area contributed by atoms with Gasteiger partial charge in [-0.3, -0.25) is 14.4 Å². The first-order valence-electron chi connectivity index (χ1n) is 11.7. The monoisotopic (exact) mass is 541 g/mol. The highest BCUT2D eigenvalue weighted by Gasteiger charge is 2.16. The van der Waals surface area contributed by atoms with Gasteiger partial charge in [-0.2, -0.15) is 0 Å². The van der Waals surface area contributed by atoms with Crippen molar-refractivity contribution in [3.8, 4) is 0 Å². The molecular formula is C30H24ClN3O3S. The molecule has 0 bridgehead atoms. The molecule has 0 saturated heterocycles. The maximum absolute atomic E-state index is 13.2. The quantitative estimate of drug-likeness (QED) is 0.167. The van der Waals surface area contributed by atoms with Crippen LogP contribution in [0, 0.1) is 0 Å². The van der Waals surface area contributed by atoms with Crippen molar-refractivity contribution in [3.63, 3.8) is 0 Å². The molecule has 0 aromatic heterocycles. The van der Waals surface area contributed by atoms with Crippen molar-refractivity contribution in [3.05, 3.63) is 131 Å². The molecular weight excluding hydrogens is 518 g/mol. The molecule has 3 N–H and O–H groups in total. The van der Waals surface area contributed by atoms with E-state index in [1.54, 1.807) is 60.7 Å². The number of halogens is 1. The summed E-state index contributed by atoms with van der Waals surface area (Å²) in [5.41, 5.74) is 2.34. The highest BCUT2D eigenvalue weighted by Crippen LogP contribution is 2.22. The van der Waals surface area contributed by atoms with Crippen LogP contribution in [0.3, 0.4) is 0 Å². The molecule has 4 aromatic carbocycles. The fraction of sp³-hybridized carbons (Fsp3) is 0.0333. The van der Waals surface area contributed by atoms with Gasteiger partial charge in [-0.1, -0.05) is 66.2 Å². The van der Waals surface area contributed by atoms with Gasteiger partial charge in [-0.25, -0.2) is 0 Å². The Kier molecular flexibility index (Phi) is 9.34. The van der Waals surface area contributed by atoms with Crippen LogP contribution in [0.1, 0.15) is 15.9 Å². The van der Waals surface area contributed by atoms with E-state index in [9.17, 15) is 14.4 Å². The summed E-state index contributed by atoms with van der Waals surface area (Å²) >= 11 is 7.66. The lowest BCUT2D eigenvalue weighted by molar-refractivity contribution is -0.114. The minimum atomic E-state index is -0.503. The fourth-order valence-electron chi connectivity index (χ4n) is 3.39. The van der Waals surface area contributed by atoms with Crippen molar-refractivity contribution in [2.45, 2.75) is 4.90 Å². The van der Waals surface area contributed by atoms with Crippen LogP contribution in [-0.4, -0.2) is 23.5 Å². The largest absolute Gasteiger partial charge is 0.325 e. The van der Waals surface area contributed by atoms with E-state index in [1.807, 2.05) is 48.5 Å². The molecule has 0 aliphatic rings. The average molecular weight is 542 g/mol. The van der Waals surface area contributed by atoms with Gasteiger partial charge in [0, 0.05) is 26.9 Å². The van der Waals surface area contributed by atoms with Crippen LogP contribution in [0.25, 0.3) is 6.08 Å². The van der Waals surface area contributed by atoms with Crippen LogP contribution in [-0.2, 0) is 9.59 Å². The molecule has 0 aliphatic carbocycles. The van der Waals surface area contributed by atoms with Crippen molar-refractivity contribution in [2.24, 2.45) is 0 Å². The van der Waals surface area contributed by atoms with E-state index < -0.39 is 11.8 Å². The lowest BCUT2D eigenvalue weighted by atomic mass is 10.1. The number of amides is 3. The predicted octanol–water partition coefficient (Wildman–Crippen LogP) is 6.48. The Hall–Kier alpha value is -4.33. The van der Waals surface area contributed by atoms with E-state index in [4.69, 9.17) is 11.6 Å². The maximum Gasteiger partial charge on any atom is 0.272 e. The summed E-state index contributed by atoms with van der Waals surface area (Å²) in [6.07, 6.45) is 1.54. The van der Waals surface area contributed by atoms with Crippen LogP contribution in [0.4, 0.5) is 11.4 Å². The smallest absolute Gasteiger partial charge is 0.272 e. The molecule has 0 aliphatic heterocycles. The lowest BCUT2D eigenvalue weighted by Crippen LogP contribution is -2.30. The normalized spacial score (nSPS) is 10.9. The number of anilines is 2. The first kappa shape index (κ1) is 26.7. The van der Waals surface area contributed by atoms with E-state index in [2.05, 4.69) is 16.0 Å². The highest BCUT2D eigenvalue weighted by molar-refractivity contribution is 8.00. The second kappa shape index (κ2) is 13.3. The fourth-order valence-corrected chi connectivity index (χ4v) is 4.28. The molecule has 6 nitrogen and oxygen atoms in total. The standard InChI is InChI=1S/C30H24ClN3O3S/c31-26-14-8-7-11-22(26)19-27(34-29(36)21-9-3-1-4-10-21)30(37)33-24-15-17-25(18-16-24)38-20-28(35)32-23-12-5-2-6-13-23/h1-19H,20H2,(H,32,35)(H,33,37)(H,34,36)/b27-19-. The molecule has 0 unspecified atom stereocenters. The molecule has 0 fully saturated rings. The van der Waals surface area contributed by atoms with E-state index in [-0.39, 0.29) is 17.4 Å². The first-order valence-corrected chi connectivity index (χ1v) is 13.1. The van der Waals surface area contributed by atoms with Gasteiger partial charge >= 0.3 is 0 Å². The molecule has 8 heteroatoms. The van der Waals surface area contributed by atoms with Crippen molar-refractivity contribution in [1.29, 1.82) is 0 Å². The lowest BCUT2D eigenvalue weighted by Gasteiger charge is -2.12.